The van der Waals surface area contributed by atoms with Crippen LogP contribution in [0.4, 0.5) is 13.2 Å². The SMILES string of the molecule is O=C1CCC(=O)C1c1ccccc1C(F)(F)F. The smallest absolute Gasteiger partial charge is 0.299 e. The minimum atomic E-state index is -4.54. The van der Waals surface area contributed by atoms with Crippen LogP contribution in [0.5, 0.6) is 0 Å². The van der Waals surface area contributed by atoms with Crippen LogP contribution in [0.2, 0.25) is 0 Å². The third-order valence-electron chi connectivity index (χ3n) is 2.84. The molecule has 0 atom stereocenters. The molecule has 1 aliphatic rings. The molecule has 0 spiro atoms. The maximum atomic E-state index is 12.7. The quantitative estimate of drug-likeness (QED) is 0.709. The summed E-state index contributed by atoms with van der Waals surface area (Å²) in [5.74, 6) is -2.08. The highest BCUT2D eigenvalue weighted by Crippen LogP contribution is 2.38. The minimum Gasteiger partial charge on any atom is -0.299 e. The van der Waals surface area contributed by atoms with Gasteiger partial charge in [0.15, 0.2) is 0 Å². The lowest BCUT2D eigenvalue weighted by Crippen LogP contribution is -2.18. The van der Waals surface area contributed by atoms with Gasteiger partial charge in [-0.1, -0.05) is 18.2 Å². The van der Waals surface area contributed by atoms with Crippen molar-refractivity contribution in [1.29, 1.82) is 0 Å². The van der Waals surface area contributed by atoms with Crippen LogP contribution in [0.1, 0.15) is 29.9 Å². The van der Waals surface area contributed by atoms with Gasteiger partial charge in [0.2, 0.25) is 0 Å². The van der Waals surface area contributed by atoms with E-state index < -0.39 is 29.2 Å². The molecule has 0 N–H and O–H groups in total. The molecule has 2 nitrogen and oxygen atoms in total. The second kappa shape index (κ2) is 3.98. The molecule has 0 aromatic heterocycles. The summed E-state index contributed by atoms with van der Waals surface area (Å²) in [7, 11) is 0. The van der Waals surface area contributed by atoms with Crippen LogP contribution in [0.3, 0.4) is 0 Å². The Morgan fingerprint density at radius 2 is 1.53 bits per heavy atom. The van der Waals surface area contributed by atoms with Gasteiger partial charge in [-0.15, -0.1) is 0 Å². The summed E-state index contributed by atoms with van der Waals surface area (Å²) in [6, 6.07) is 4.75. The first kappa shape index (κ1) is 11.8. The van der Waals surface area contributed by atoms with Gasteiger partial charge < -0.3 is 0 Å². The summed E-state index contributed by atoms with van der Waals surface area (Å²) in [5.41, 5.74) is -1.11. The third-order valence-corrected chi connectivity index (χ3v) is 2.84. The molecule has 17 heavy (non-hydrogen) atoms. The Hall–Kier alpha value is -1.65. The fraction of sp³-hybridized carbons (Fsp3) is 0.333. The van der Waals surface area contributed by atoms with Crippen molar-refractivity contribution in [3.05, 3.63) is 35.4 Å². The molecule has 0 radical (unpaired) electrons. The molecule has 2 rings (SSSR count). The Bertz CT molecular complexity index is 461. The van der Waals surface area contributed by atoms with E-state index in [1.165, 1.54) is 18.2 Å². The highest BCUT2D eigenvalue weighted by Gasteiger charge is 2.41. The molecule has 1 saturated carbocycles. The average Bonchev–Trinajstić information content (AvgIpc) is 2.57. The predicted molar refractivity (Wildman–Crippen MR) is 53.4 cm³/mol. The summed E-state index contributed by atoms with van der Waals surface area (Å²) in [6.45, 7) is 0. The molecule has 0 aliphatic heterocycles. The molecule has 1 aromatic rings. The molecule has 1 aliphatic carbocycles. The van der Waals surface area contributed by atoms with Crippen LogP contribution < -0.4 is 0 Å². The van der Waals surface area contributed by atoms with Crippen LogP contribution in [0, 0.1) is 0 Å². The molecule has 0 bridgehead atoms. The molecule has 0 saturated heterocycles. The lowest BCUT2D eigenvalue weighted by molar-refractivity contribution is -0.138. The topological polar surface area (TPSA) is 34.1 Å². The van der Waals surface area contributed by atoms with E-state index in [1.54, 1.807) is 0 Å². The number of carbonyl (C=O) groups is 2. The average molecular weight is 242 g/mol. The van der Waals surface area contributed by atoms with E-state index in [0.29, 0.717) is 0 Å². The first-order chi connectivity index (χ1) is 7.91. The second-order valence-electron chi connectivity index (χ2n) is 3.95. The van der Waals surface area contributed by atoms with Gasteiger partial charge in [-0.2, -0.15) is 13.2 Å². The normalized spacial score (nSPS) is 17.8. The fourth-order valence-corrected chi connectivity index (χ4v) is 2.07. The van der Waals surface area contributed by atoms with E-state index in [1.807, 2.05) is 0 Å². The summed E-state index contributed by atoms with van der Waals surface area (Å²) < 4.78 is 38.2. The minimum absolute atomic E-state index is 0.0374. The number of alkyl halides is 3. The maximum Gasteiger partial charge on any atom is 0.416 e. The third kappa shape index (κ3) is 2.09. The summed E-state index contributed by atoms with van der Waals surface area (Å²) >= 11 is 0. The summed E-state index contributed by atoms with van der Waals surface area (Å²) in [4.78, 5) is 23.0. The number of ketones is 2. The van der Waals surface area contributed by atoms with Crippen molar-refractivity contribution in [2.45, 2.75) is 24.9 Å². The van der Waals surface area contributed by atoms with Crippen LogP contribution in [0.15, 0.2) is 24.3 Å². The van der Waals surface area contributed by atoms with Gasteiger partial charge >= 0.3 is 6.18 Å². The van der Waals surface area contributed by atoms with Crippen molar-refractivity contribution in [3.8, 4) is 0 Å². The molecular formula is C12H9F3O2. The Kier molecular flexibility index (Phi) is 2.77. The molecule has 5 heteroatoms. The monoisotopic (exact) mass is 242 g/mol. The van der Waals surface area contributed by atoms with Crippen molar-refractivity contribution < 1.29 is 22.8 Å². The number of Topliss-reactive ketones (excluding diaryl/α,β-unsaturated/α-hetero) is 2. The number of hydrogen-bond acceptors (Lipinski definition) is 2. The van der Waals surface area contributed by atoms with Crippen molar-refractivity contribution in [3.63, 3.8) is 0 Å². The van der Waals surface area contributed by atoms with E-state index in [-0.39, 0.29) is 18.4 Å². The first-order valence-electron chi connectivity index (χ1n) is 5.13. The number of carbonyl (C=O) groups excluding carboxylic acids is 2. The largest absolute Gasteiger partial charge is 0.416 e. The van der Waals surface area contributed by atoms with Gasteiger partial charge in [-0.3, -0.25) is 9.59 Å². The number of halogens is 3. The van der Waals surface area contributed by atoms with Crippen LogP contribution in [-0.4, -0.2) is 11.6 Å². The number of benzene rings is 1. The van der Waals surface area contributed by atoms with Gasteiger partial charge in [0.05, 0.1) is 5.56 Å². The van der Waals surface area contributed by atoms with Crippen LogP contribution in [0.25, 0.3) is 0 Å². The summed E-state index contributed by atoms with van der Waals surface area (Å²) in [5, 5.41) is 0. The zero-order chi connectivity index (χ0) is 12.6. The van der Waals surface area contributed by atoms with Gasteiger partial charge in [-0.25, -0.2) is 0 Å². The molecule has 1 aromatic carbocycles. The molecule has 0 amide bonds. The zero-order valence-corrected chi connectivity index (χ0v) is 8.75. The van der Waals surface area contributed by atoms with Gasteiger partial charge in [-0.05, 0) is 11.6 Å². The lowest BCUT2D eigenvalue weighted by Gasteiger charge is -2.15. The van der Waals surface area contributed by atoms with Gasteiger partial charge in [0, 0.05) is 12.8 Å². The highest BCUT2D eigenvalue weighted by molar-refractivity contribution is 6.13. The Labute approximate surface area is 95.4 Å². The van der Waals surface area contributed by atoms with Gasteiger partial charge in [0.25, 0.3) is 0 Å². The van der Waals surface area contributed by atoms with E-state index in [0.717, 1.165) is 6.07 Å². The van der Waals surface area contributed by atoms with E-state index in [4.69, 9.17) is 0 Å². The zero-order valence-electron chi connectivity index (χ0n) is 8.75. The fourth-order valence-electron chi connectivity index (χ4n) is 2.07. The van der Waals surface area contributed by atoms with Gasteiger partial charge in [0.1, 0.15) is 17.5 Å². The predicted octanol–water partition coefficient (Wildman–Crippen LogP) is 2.72. The van der Waals surface area contributed by atoms with E-state index >= 15 is 0 Å². The Morgan fingerprint density at radius 3 is 2.06 bits per heavy atom. The van der Waals surface area contributed by atoms with E-state index in [9.17, 15) is 22.8 Å². The number of hydrogen-bond donors (Lipinski definition) is 0. The van der Waals surface area contributed by atoms with Crippen LogP contribution in [-0.2, 0) is 15.8 Å². The number of rotatable bonds is 1. The van der Waals surface area contributed by atoms with E-state index in [2.05, 4.69) is 0 Å². The molecule has 0 heterocycles. The Balaban J connectivity index is 2.52. The van der Waals surface area contributed by atoms with Crippen LogP contribution >= 0.6 is 0 Å². The standard InChI is InChI=1S/C12H9F3O2/c13-12(14,15)8-4-2-1-3-7(8)11-9(16)5-6-10(11)17/h1-4,11H,5-6H2. The maximum absolute atomic E-state index is 12.7. The van der Waals surface area contributed by atoms with Crippen molar-refractivity contribution in [2.24, 2.45) is 0 Å². The molecule has 90 valence electrons. The van der Waals surface area contributed by atoms with Crippen molar-refractivity contribution >= 4 is 11.6 Å². The Morgan fingerprint density at radius 1 is 1.00 bits per heavy atom. The second-order valence-corrected chi connectivity index (χ2v) is 3.95. The lowest BCUT2D eigenvalue weighted by atomic mass is 9.91. The van der Waals surface area contributed by atoms with Crippen molar-refractivity contribution in [2.75, 3.05) is 0 Å². The first-order valence-corrected chi connectivity index (χ1v) is 5.13. The highest BCUT2D eigenvalue weighted by atomic mass is 19.4. The molecule has 0 unspecified atom stereocenters. The summed E-state index contributed by atoms with van der Waals surface area (Å²) in [6.07, 6.45) is -4.47. The molecular weight excluding hydrogens is 233 g/mol. The molecule has 1 fully saturated rings. The van der Waals surface area contributed by atoms with Crippen molar-refractivity contribution in [1.82, 2.24) is 0 Å².